The number of benzene rings is 1. The fourth-order valence-electron chi connectivity index (χ4n) is 2.42. The Morgan fingerprint density at radius 3 is 2.72 bits per heavy atom. The molecular weight excluding hydrogens is 359 g/mol. The molecule has 0 saturated heterocycles. The molecule has 0 bridgehead atoms. The van der Waals surface area contributed by atoms with Crippen LogP contribution in [0.15, 0.2) is 41.0 Å². The van der Waals surface area contributed by atoms with Crippen molar-refractivity contribution in [2.24, 2.45) is 0 Å². The Morgan fingerprint density at radius 1 is 1.32 bits per heavy atom. The lowest BCUT2D eigenvalue weighted by Crippen LogP contribution is -2.46. The second kappa shape index (κ2) is 6.14. The van der Waals surface area contributed by atoms with Crippen molar-refractivity contribution in [3.63, 3.8) is 0 Å². The van der Waals surface area contributed by atoms with Gasteiger partial charge in [0.1, 0.15) is 6.10 Å². The Balaban J connectivity index is 2.28. The van der Waals surface area contributed by atoms with Gasteiger partial charge in [-0.2, -0.15) is 13.2 Å². The average Bonchev–Trinajstić information content (AvgIpc) is 3.01. The molecular formula is C17H11ClF3NO3. The minimum absolute atomic E-state index is 0.0342. The van der Waals surface area contributed by atoms with Crippen molar-refractivity contribution < 1.29 is 27.1 Å². The highest BCUT2D eigenvalue weighted by molar-refractivity contribution is 6.30. The van der Waals surface area contributed by atoms with Gasteiger partial charge in [0.05, 0.1) is 6.26 Å². The molecule has 0 fully saturated rings. The van der Waals surface area contributed by atoms with E-state index in [1.165, 1.54) is 37.5 Å². The summed E-state index contributed by atoms with van der Waals surface area (Å²) in [5.41, 5.74) is -3.49. The van der Waals surface area contributed by atoms with Crippen LogP contribution in [0, 0.1) is 11.8 Å². The number of hydrogen-bond donors (Lipinski definition) is 1. The number of rotatable bonds is 0. The van der Waals surface area contributed by atoms with Crippen LogP contribution in [0.2, 0.25) is 5.02 Å². The summed E-state index contributed by atoms with van der Waals surface area (Å²) in [6.07, 6.45) is -5.04. The van der Waals surface area contributed by atoms with Gasteiger partial charge >= 0.3 is 6.18 Å². The number of anilines is 1. The van der Waals surface area contributed by atoms with Gasteiger partial charge in [-0.3, -0.25) is 4.79 Å². The number of halogens is 4. The Kier molecular flexibility index (Phi) is 4.27. The zero-order valence-corrected chi connectivity index (χ0v) is 13.5. The molecule has 0 spiro atoms. The van der Waals surface area contributed by atoms with Gasteiger partial charge in [-0.15, -0.1) is 0 Å². The summed E-state index contributed by atoms with van der Waals surface area (Å²) in [5, 5.41) is 2.46. The number of amides is 1. The summed E-state index contributed by atoms with van der Waals surface area (Å²) in [6, 6.07) is 6.65. The fourth-order valence-corrected chi connectivity index (χ4v) is 2.59. The molecule has 1 aliphatic heterocycles. The van der Waals surface area contributed by atoms with E-state index in [4.69, 9.17) is 20.8 Å². The number of furan rings is 1. The van der Waals surface area contributed by atoms with Crippen LogP contribution >= 0.6 is 11.6 Å². The molecule has 2 heterocycles. The monoisotopic (exact) mass is 369 g/mol. The summed E-state index contributed by atoms with van der Waals surface area (Å²) in [5.74, 6) is 3.75. The molecule has 1 N–H and O–H groups in total. The SMILES string of the molecule is C[C@@H]1O[C@](C#Cc2ccco2)(C(F)(F)F)c2cc(Cl)ccc2NC1=O. The van der Waals surface area contributed by atoms with Crippen molar-refractivity contribution >= 4 is 23.2 Å². The predicted molar refractivity (Wildman–Crippen MR) is 83.9 cm³/mol. The molecule has 1 aromatic carbocycles. The van der Waals surface area contributed by atoms with E-state index in [0.717, 1.165) is 6.07 Å². The summed E-state index contributed by atoms with van der Waals surface area (Å²) in [6.45, 7) is 1.22. The van der Waals surface area contributed by atoms with Gasteiger partial charge in [0.2, 0.25) is 0 Å². The Morgan fingerprint density at radius 2 is 2.08 bits per heavy atom. The molecule has 4 nitrogen and oxygen atoms in total. The van der Waals surface area contributed by atoms with E-state index in [2.05, 4.69) is 17.2 Å². The second-order valence-electron chi connectivity index (χ2n) is 5.35. The number of fused-ring (bicyclic) bond motifs is 1. The normalized spacial score (nSPS) is 23.1. The van der Waals surface area contributed by atoms with Crippen LogP contribution < -0.4 is 5.32 Å². The zero-order chi connectivity index (χ0) is 18.2. The zero-order valence-electron chi connectivity index (χ0n) is 12.8. The van der Waals surface area contributed by atoms with Crippen LogP contribution in [0.25, 0.3) is 0 Å². The van der Waals surface area contributed by atoms with Crippen molar-refractivity contribution in [1.29, 1.82) is 0 Å². The molecule has 8 heteroatoms. The van der Waals surface area contributed by atoms with Gasteiger partial charge in [-0.1, -0.05) is 11.6 Å². The lowest BCUT2D eigenvalue weighted by molar-refractivity contribution is -0.266. The van der Waals surface area contributed by atoms with E-state index < -0.39 is 23.8 Å². The molecule has 0 saturated carbocycles. The van der Waals surface area contributed by atoms with Gasteiger partial charge in [0.15, 0.2) is 5.76 Å². The van der Waals surface area contributed by atoms with E-state index in [1.54, 1.807) is 0 Å². The lowest BCUT2D eigenvalue weighted by atomic mass is 9.91. The lowest BCUT2D eigenvalue weighted by Gasteiger charge is -2.32. The summed E-state index contributed by atoms with van der Waals surface area (Å²) in [7, 11) is 0. The Labute approximate surface area is 145 Å². The van der Waals surface area contributed by atoms with Crippen LogP contribution in [-0.2, 0) is 15.1 Å². The molecule has 3 rings (SSSR count). The predicted octanol–water partition coefficient (Wildman–Crippen LogP) is 4.10. The molecule has 0 unspecified atom stereocenters. The maximum atomic E-state index is 14.1. The van der Waals surface area contributed by atoms with Crippen molar-refractivity contribution in [3.8, 4) is 11.8 Å². The molecule has 1 aliphatic rings. The van der Waals surface area contributed by atoms with Crippen molar-refractivity contribution in [2.75, 3.05) is 5.32 Å². The van der Waals surface area contributed by atoms with Crippen molar-refractivity contribution in [3.05, 3.63) is 52.9 Å². The molecule has 1 aromatic heterocycles. The molecule has 1 amide bonds. The molecule has 25 heavy (non-hydrogen) atoms. The first-order chi connectivity index (χ1) is 11.7. The second-order valence-corrected chi connectivity index (χ2v) is 5.78. The van der Waals surface area contributed by atoms with Crippen LogP contribution in [0.1, 0.15) is 18.2 Å². The summed E-state index contributed by atoms with van der Waals surface area (Å²) < 4.78 is 52.3. The van der Waals surface area contributed by atoms with Gasteiger partial charge in [0.25, 0.3) is 11.5 Å². The minimum Gasteiger partial charge on any atom is -0.456 e. The standard InChI is InChI=1S/C17H11ClF3NO3/c1-10-15(23)22-14-5-4-11(18)9-13(14)16(25-10,17(19,20)21)7-6-12-3-2-8-24-12/h2-5,8-10H,1H3,(H,22,23)/t10-,16-/m0/s1. The van der Waals surface area contributed by atoms with Crippen LogP contribution in [-0.4, -0.2) is 18.2 Å². The fraction of sp³-hybridized carbons (Fsp3) is 0.235. The van der Waals surface area contributed by atoms with Gasteiger partial charge in [-0.25, -0.2) is 0 Å². The Bertz CT molecular complexity index is 867. The number of carbonyl (C=O) groups excluding carboxylic acids is 1. The minimum atomic E-state index is -4.94. The molecule has 0 radical (unpaired) electrons. The van der Waals surface area contributed by atoms with Gasteiger partial charge < -0.3 is 14.5 Å². The maximum absolute atomic E-state index is 14.1. The van der Waals surface area contributed by atoms with Crippen molar-refractivity contribution in [2.45, 2.75) is 24.8 Å². The first-order valence-corrected chi connectivity index (χ1v) is 7.53. The summed E-state index contributed by atoms with van der Waals surface area (Å²) in [4.78, 5) is 12.0. The van der Waals surface area contributed by atoms with E-state index in [-0.39, 0.29) is 22.0 Å². The number of carbonyl (C=O) groups is 1. The molecule has 2 aromatic rings. The molecule has 0 aliphatic carbocycles. The van der Waals surface area contributed by atoms with Gasteiger partial charge in [-0.05, 0) is 49.1 Å². The highest BCUT2D eigenvalue weighted by atomic mass is 35.5. The number of nitrogens with one attached hydrogen (secondary N) is 1. The smallest absolute Gasteiger partial charge is 0.433 e. The maximum Gasteiger partial charge on any atom is 0.433 e. The number of alkyl halides is 3. The topological polar surface area (TPSA) is 51.5 Å². The van der Waals surface area contributed by atoms with E-state index in [0.29, 0.717) is 0 Å². The largest absolute Gasteiger partial charge is 0.456 e. The molecule has 130 valence electrons. The first kappa shape index (κ1) is 17.4. The number of ether oxygens (including phenoxy) is 1. The van der Waals surface area contributed by atoms with Crippen LogP contribution in [0.5, 0.6) is 0 Å². The van der Waals surface area contributed by atoms with Crippen molar-refractivity contribution in [1.82, 2.24) is 0 Å². The third-order valence-electron chi connectivity index (χ3n) is 3.62. The first-order valence-electron chi connectivity index (χ1n) is 7.15. The average molecular weight is 370 g/mol. The Hall–Kier alpha value is -2.43. The van der Waals surface area contributed by atoms with E-state index in [9.17, 15) is 18.0 Å². The third kappa shape index (κ3) is 3.11. The van der Waals surface area contributed by atoms with Gasteiger partial charge in [0, 0.05) is 16.3 Å². The van der Waals surface area contributed by atoms with Crippen LogP contribution in [0.4, 0.5) is 18.9 Å². The van der Waals surface area contributed by atoms with E-state index in [1.807, 2.05) is 0 Å². The number of hydrogen-bond acceptors (Lipinski definition) is 3. The van der Waals surface area contributed by atoms with E-state index >= 15 is 0 Å². The van der Waals surface area contributed by atoms with Crippen LogP contribution in [0.3, 0.4) is 0 Å². The quantitative estimate of drug-likeness (QED) is 0.711. The molecule has 2 atom stereocenters. The third-order valence-corrected chi connectivity index (χ3v) is 3.86. The highest BCUT2D eigenvalue weighted by Crippen LogP contribution is 2.47. The summed E-state index contributed by atoms with van der Waals surface area (Å²) >= 11 is 5.88. The highest BCUT2D eigenvalue weighted by Gasteiger charge is 2.60.